The fraction of sp³-hybridized carbons (Fsp3) is 0.296. The van der Waals surface area contributed by atoms with E-state index in [1.165, 1.54) is 46.8 Å². The highest BCUT2D eigenvalue weighted by molar-refractivity contribution is 5.70. The van der Waals surface area contributed by atoms with Gasteiger partial charge in [0.1, 0.15) is 23.2 Å². The Morgan fingerprint density at radius 2 is 1.27 bits per heavy atom. The van der Waals surface area contributed by atoms with Gasteiger partial charge in [0.15, 0.2) is 0 Å². The van der Waals surface area contributed by atoms with Crippen molar-refractivity contribution in [2.75, 3.05) is 0 Å². The summed E-state index contributed by atoms with van der Waals surface area (Å²) in [6.45, 7) is 0. The topological polar surface area (TPSA) is 30.7 Å². The highest BCUT2D eigenvalue weighted by Gasteiger charge is 2.19. The van der Waals surface area contributed by atoms with Crippen LogP contribution >= 0.6 is 0 Å². The number of esters is 1. The molecule has 0 saturated heterocycles. The maximum atomic E-state index is 12.2. The average Bonchev–Trinajstić information content (AvgIpc) is 2.81. The molecule has 0 radical (unpaired) electrons. The van der Waals surface area contributed by atoms with Crippen LogP contribution in [0.15, 0.2) is 84.9 Å². The molecular weight excluding hydrogens is 370 g/mol. The molecule has 3 aromatic carbocycles. The van der Waals surface area contributed by atoms with Gasteiger partial charge in [0.2, 0.25) is 0 Å². The predicted octanol–water partition coefficient (Wildman–Crippen LogP) is 5.67. The monoisotopic (exact) mass is 400 g/mol. The maximum Gasteiger partial charge on any atom is 0.306 e. The molecular formula is C27H30NO2+. The van der Waals surface area contributed by atoms with E-state index in [4.69, 9.17) is 4.74 Å². The van der Waals surface area contributed by atoms with Gasteiger partial charge in [-0.25, -0.2) is 4.90 Å². The summed E-state index contributed by atoms with van der Waals surface area (Å²) in [6, 6.07) is 29.6. The lowest BCUT2D eigenvalue weighted by molar-refractivity contribution is -0.681. The van der Waals surface area contributed by atoms with Crippen LogP contribution in [0.5, 0.6) is 0 Å². The van der Waals surface area contributed by atoms with Gasteiger partial charge in [-0.1, -0.05) is 55.0 Å². The number of benzene rings is 3. The molecule has 1 fully saturated rings. The fourth-order valence-corrected chi connectivity index (χ4v) is 4.22. The molecule has 3 heteroatoms. The number of carbonyl (C=O) groups excluding carboxylic acids is 1. The van der Waals surface area contributed by atoms with Crippen LogP contribution in [0.2, 0.25) is 0 Å². The first-order chi connectivity index (χ1) is 14.8. The molecule has 0 aliphatic heterocycles. The summed E-state index contributed by atoms with van der Waals surface area (Å²) in [5, 5.41) is 0. The van der Waals surface area contributed by atoms with Crippen LogP contribution in [0.4, 0.5) is 17.1 Å². The number of aryl methyl sites for hydroxylation is 1. The van der Waals surface area contributed by atoms with Gasteiger partial charge in [-0.05, 0) is 61.9 Å². The van der Waals surface area contributed by atoms with E-state index >= 15 is 0 Å². The zero-order chi connectivity index (χ0) is 20.6. The molecule has 4 rings (SSSR count). The molecule has 1 aliphatic rings. The lowest BCUT2D eigenvalue weighted by atomic mass is 9.98. The average molecular weight is 401 g/mol. The Balaban J connectivity index is 1.42. The molecule has 0 heterocycles. The van der Waals surface area contributed by atoms with Crippen molar-refractivity contribution in [3.05, 3.63) is 90.5 Å². The lowest BCUT2D eigenvalue weighted by Crippen LogP contribution is -2.96. The van der Waals surface area contributed by atoms with Crippen molar-refractivity contribution in [2.24, 2.45) is 0 Å². The maximum absolute atomic E-state index is 12.2. The molecule has 3 aromatic rings. The molecule has 0 bridgehead atoms. The summed E-state index contributed by atoms with van der Waals surface area (Å²) in [5.74, 6) is -0.0631. The Labute approximate surface area is 179 Å². The molecule has 0 unspecified atom stereocenters. The zero-order valence-electron chi connectivity index (χ0n) is 17.4. The quantitative estimate of drug-likeness (QED) is 0.518. The Morgan fingerprint density at radius 3 is 1.83 bits per heavy atom. The van der Waals surface area contributed by atoms with E-state index in [2.05, 4.69) is 72.8 Å². The molecule has 0 aromatic heterocycles. The van der Waals surface area contributed by atoms with E-state index in [0.29, 0.717) is 6.42 Å². The highest BCUT2D eigenvalue weighted by Crippen LogP contribution is 2.21. The highest BCUT2D eigenvalue weighted by atomic mass is 16.5. The van der Waals surface area contributed by atoms with Crippen LogP contribution in [0, 0.1) is 0 Å². The number of ether oxygens (including phenoxy) is 1. The van der Waals surface area contributed by atoms with E-state index in [1.807, 2.05) is 12.1 Å². The summed E-state index contributed by atoms with van der Waals surface area (Å²) < 4.78 is 5.65. The van der Waals surface area contributed by atoms with Crippen LogP contribution in [-0.4, -0.2) is 12.1 Å². The molecule has 30 heavy (non-hydrogen) atoms. The molecule has 0 atom stereocenters. The van der Waals surface area contributed by atoms with Gasteiger partial charge in [-0.2, -0.15) is 0 Å². The Kier molecular flexibility index (Phi) is 6.94. The minimum atomic E-state index is -0.0631. The van der Waals surface area contributed by atoms with Crippen LogP contribution < -0.4 is 4.90 Å². The van der Waals surface area contributed by atoms with Gasteiger partial charge in [0.25, 0.3) is 0 Å². The minimum Gasteiger partial charge on any atom is -0.462 e. The summed E-state index contributed by atoms with van der Waals surface area (Å²) in [7, 11) is 0. The fourth-order valence-electron chi connectivity index (χ4n) is 4.22. The third-order valence-electron chi connectivity index (χ3n) is 5.84. The number of carbonyl (C=O) groups is 1. The molecule has 0 amide bonds. The van der Waals surface area contributed by atoms with Gasteiger partial charge in [0.05, 0.1) is 0 Å². The van der Waals surface area contributed by atoms with Gasteiger partial charge < -0.3 is 4.74 Å². The predicted molar refractivity (Wildman–Crippen MR) is 121 cm³/mol. The van der Waals surface area contributed by atoms with Gasteiger partial charge in [-0.3, -0.25) is 4.79 Å². The number of para-hydroxylation sites is 2. The van der Waals surface area contributed by atoms with Crippen molar-refractivity contribution < 1.29 is 14.4 Å². The standard InChI is InChI=1S/C27H29NO2/c29-27(30-26-14-8-3-9-15-26)21-18-22-16-19-25(20-17-22)28(23-10-4-1-5-11-23)24-12-6-2-7-13-24/h1-2,4-7,10-13,16-17,19-20,26H,3,8-9,14-15,18,21H2/p+1. The van der Waals surface area contributed by atoms with Crippen LogP contribution in [0.25, 0.3) is 0 Å². The van der Waals surface area contributed by atoms with E-state index < -0.39 is 0 Å². The number of nitrogens with one attached hydrogen (secondary N) is 1. The second-order valence-electron chi connectivity index (χ2n) is 8.05. The number of quaternary nitrogens is 1. The zero-order valence-corrected chi connectivity index (χ0v) is 17.4. The number of hydrogen-bond donors (Lipinski definition) is 1. The van der Waals surface area contributed by atoms with Crippen LogP contribution in [0.1, 0.15) is 44.1 Å². The molecule has 1 saturated carbocycles. The lowest BCUT2D eigenvalue weighted by Gasteiger charge is -2.21. The van der Waals surface area contributed by atoms with Crippen LogP contribution in [0.3, 0.4) is 0 Å². The second kappa shape index (κ2) is 10.2. The first-order valence-electron chi connectivity index (χ1n) is 11.1. The molecule has 1 N–H and O–H groups in total. The summed E-state index contributed by atoms with van der Waals surface area (Å²) >= 11 is 0. The van der Waals surface area contributed by atoms with Crippen molar-refractivity contribution >= 4 is 23.0 Å². The van der Waals surface area contributed by atoms with Crippen molar-refractivity contribution in [3.8, 4) is 0 Å². The van der Waals surface area contributed by atoms with Crippen molar-refractivity contribution in [2.45, 2.75) is 51.0 Å². The van der Waals surface area contributed by atoms with Crippen molar-refractivity contribution in [1.29, 1.82) is 0 Å². The third kappa shape index (κ3) is 5.37. The van der Waals surface area contributed by atoms with E-state index in [1.54, 1.807) is 0 Å². The molecule has 1 aliphatic carbocycles. The Hall–Kier alpha value is -2.91. The smallest absolute Gasteiger partial charge is 0.306 e. The molecule has 3 nitrogen and oxygen atoms in total. The van der Waals surface area contributed by atoms with Gasteiger partial charge >= 0.3 is 5.97 Å². The van der Waals surface area contributed by atoms with Crippen molar-refractivity contribution in [1.82, 2.24) is 0 Å². The number of rotatable bonds is 7. The van der Waals surface area contributed by atoms with Gasteiger partial charge in [-0.15, -0.1) is 0 Å². The van der Waals surface area contributed by atoms with E-state index in [9.17, 15) is 4.79 Å². The minimum absolute atomic E-state index is 0.0631. The summed E-state index contributed by atoms with van der Waals surface area (Å²) in [4.78, 5) is 13.4. The number of hydrogen-bond acceptors (Lipinski definition) is 2. The van der Waals surface area contributed by atoms with Crippen LogP contribution in [-0.2, 0) is 16.0 Å². The first kappa shape index (κ1) is 20.4. The van der Waals surface area contributed by atoms with Gasteiger partial charge in [0, 0.05) is 18.6 Å². The SMILES string of the molecule is O=C(CCc1ccc([NH+](c2ccccc2)c2ccccc2)cc1)OC1CCCCC1. The Bertz CT molecular complexity index is 877. The first-order valence-corrected chi connectivity index (χ1v) is 11.1. The van der Waals surface area contributed by atoms with E-state index in [-0.39, 0.29) is 12.1 Å². The molecule has 0 spiro atoms. The summed E-state index contributed by atoms with van der Waals surface area (Å²) in [6.07, 6.45) is 6.99. The van der Waals surface area contributed by atoms with E-state index in [0.717, 1.165) is 19.3 Å². The third-order valence-corrected chi connectivity index (χ3v) is 5.84. The van der Waals surface area contributed by atoms with Crippen molar-refractivity contribution in [3.63, 3.8) is 0 Å². The Morgan fingerprint density at radius 1 is 0.733 bits per heavy atom. The normalized spacial score (nSPS) is 14.6. The second-order valence-corrected chi connectivity index (χ2v) is 8.05. The summed E-state index contributed by atoms with van der Waals surface area (Å²) in [5.41, 5.74) is 4.75. The molecule has 154 valence electrons. The largest absolute Gasteiger partial charge is 0.462 e.